The number of hydrogen-bond donors (Lipinski definition) is 0. The van der Waals surface area contributed by atoms with Gasteiger partial charge in [0.2, 0.25) is 0 Å². The summed E-state index contributed by atoms with van der Waals surface area (Å²) in [5.41, 5.74) is 0. The van der Waals surface area contributed by atoms with Crippen LogP contribution in [0.5, 0.6) is 0 Å². The molecule has 1 unspecified atom stereocenters. The monoisotopic (exact) mass is 1080 g/mol. The van der Waals surface area contributed by atoms with E-state index in [1.807, 2.05) is 0 Å². The van der Waals surface area contributed by atoms with Gasteiger partial charge in [-0.1, -0.05) is 290 Å². The van der Waals surface area contributed by atoms with Crippen molar-refractivity contribution in [2.24, 2.45) is 0 Å². The van der Waals surface area contributed by atoms with Crippen molar-refractivity contribution in [1.29, 1.82) is 0 Å². The van der Waals surface area contributed by atoms with Crippen molar-refractivity contribution in [3.63, 3.8) is 0 Å². The van der Waals surface area contributed by atoms with E-state index in [2.05, 4.69) is 142 Å². The smallest absolute Gasteiger partial charge is 0.306 e. The summed E-state index contributed by atoms with van der Waals surface area (Å²) in [7, 11) is 0. The molecule has 444 valence electrons. The molecule has 0 saturated heterocycles. The van der Waals surface area contributed by atoms with E-state index in [1.54, 1.807) is 0 Å². The lowest BCUT2D eigenvalue weighted by atomic mass is 10.0. The predicted molar refractivity (Wildman–Crippen MR) is 339 cm³/mol. The van der Waals surface area contributed by atoms with Crippen LogP contribution in [-0.2, 0) is 28.6 Å². The van der Waals surface area contributed by atoms with E-state index in [0.717, 1.165) is 141 Å². The molecule has 0 rings (SSSR count). The molecular formula is C72H120O6. The third-order valence-corrected chi connectivity index (χ3v) is 13.7. The molecule has 6 heteroatoms. The Morgan fingerprint density at radius 2 is 0.513 bits per heavy atom. The molecule has 0 aromatic rings. The van der Waals surface area contributed by atoms with E-state index < -0.39 is 6.10 Å². The molecule has 0 N–H and O–H groups in total. The molecule has 78 heavy (non-hydrogen) atoms. The molecule has 0 amide bonds. The van der Waals surface area contributed by atoms with E-state index in [9.17, 15) is 14.4 Å². The average molecular weight is 1080 g/mol. The maximum Gasteiger partial charge on any atom is 0.306 e. The summed E-state index contributed by atoms with van der Waals surface area (Å²) in [5, 5.41) is 0. The van der Waals surface area contributed by atoms with E-state index in [1.165, 1.54) is 116 Å². The molecular weight excluding hydrogens is 961 g/mol. The van der Waals surface area contributed by atoms with Crippen LogP contribution in [0, 0.1) is 0 Å². The molecule has 0 radical (unpaired) electrons. The fraction of sp³-hybridized carbons (Fsp3) is 0.681. The van der Waals surface area contributed by atoms with E-state index in [0.29, 0.717) is 19.3 Å². The Bertz CT molecular complexity index is 1620. The molecule has 6 nitrogen and oxygen atoms in total. The van der Waals surface area contributed by atoms with Crippen LogP contribution in [0.25, 0.3) is 0 Å². The first-order valence-electron chi connectivity index (χ1n) is 32.5. The van der Waals surface area contributed by atoms with Crippen LogP contribution in [0.3, 0.4) is 0 Å². The fourth-order valence-corrected chi connectivity index (χ4v) is 8.83. The van der Waals surface area contributed by atoms with Crippen molar-refractivity contribution in [1.82, 2.24) is 0 Å². The van der Waals surface area contributed by atoms with Crippen molar-refractivity contribution in [2.75, 3.05) is 13.2 Å². The first-order valence-corrected chi connectivity index (χ1v) is 32.5. The van der Waals surface area contributed by atoms with Gasteiger partial charge in [-0.15, -0.1) is 0 Å². The van der Waals surface area contributed by atoms with Gasteiger partial charge in [0.25, 0.3) is 0 Å². The third kappa shape index (κ3) is 62.7. The van der Waals surface area contributed by atoms with Gasteiger partial charge in [-0.05, 0) is 109 Å². The van der Waals surface area contributed by atoms with Crippen LogP contribution >= 0.6 is 0 Å². The second-order valence-corrected chi connectivity index (χ2v) is 21.3. The van der Waals surface area contributed by atoms with E-state index in [4.69, 9.17) is 14.2 Å². The molecule has 0 bridgehead atoms. The zero-order chi connectivity index (χ0) is 56.4. The lowest BCUT2D eigenvalue weighted by Gasteiger charge is -2.18. The maximum atomic E-state index is 12.9. The van der Waals surface area contributed by atoms with Gasteiger partial charge in [-0.2, -0.15) is 0 Å². The number of ether oxygens (including phenoxy) is 3. The molecule has 0 aliphatic heterocycles. The molecule has 0 fully saturated rings. The average Bonchev–Trinajstić information content (AvgIpc) is 3.44. The van der Waals surface area contributed by atoms with Crippen molar-refractivity contribution in [2.45, 2.75) is 303 Å². The van der Waals surface area contributed by atoms with Crippen molar-refractivity contribution < 1.29 is 28.6 Å². The van der Waals surface area contributed by atoms with Gasteiger partial charge in [0.1, 0.15) is 13.2 Å². The van der Waals surface area contributed by atoms with Crippen LogP contribution in [0.1, 0.15) is 297 Å². The first kappa shape index (κ1) is 73.8. The van der Waals surface area contributed by atoms with Gasteiger partial charge < -0.3 is 14.2 Å². The second kappa shape index (κ2) is 65.3. The molecule has 0 aromatic heterocycles. The number of esters is 3. The molecule has 0 aliphatic carbocycles. The van der Waals surface area contributed by atoms with Crippen molar-refractivity contribution >= 4 is 17.9 Å². The van der Waals surface area contributed by atoms with Crippen molar-refractivity contribution in [3.8, 4) is 0 Å². The first-order chi connectivity index (χ1) is 38.5. The van der Waals surface area contributed by atoms with Crippen LogP contribution in [0.4, 0.5) is 0 Å². The van der Waals surface area contributed by atoms with E-state index >= 15 is 0 Å². The lowest BCUT2D eigenvalue weighted by molar-refractivity contribution is -0.167. The second-order valence-electron chi connectivity index (χ2n) is 21.3. The SMILES string of the molecule is CC/C=C\C/C=C\C/C=C\C/C=C\C/C=C\C/C=C\C/C=C\C/C=C\CCCCCCCCCCC(=O)OCC(COC(=O)CCCCCCCCCCCCCCC)OC(=O)CCCCCCC/C=C\C/C=C\CCCC. The maximum absolute atomic E-state index is 12.9. The standard InChI is InChI=1S/C72H120O6/c1-4-7-10-13-16-19-22-25-27-28-29-30-31-32-33-34-35-36-37-38-39-40-41-42-43-44-45-48-50-53-56-59-62-65-71(74)77-68-69(67-76-70(73)64-61-58-55-52-49-46-24-21-18-15-12-9-6-3)78-72(75)66-63-60-57-54-51-47-26-23-20-17-14-11-8-5-2/h7,10,14,16-17,19,23,25-27,29-30,32-33,35-36,38-39,41-42,69H,4-6,8-9,11-13,15,18,20-22,24,28,31,34,37,40,43-68H2,1-3H3/b10-7-,17-14-,19-16-,26-23-,27-25-,30-29-,33-32-,36-35-,39-38-,42-41-. The van der Waals surface area contributed by atoms with Gasteiger partial charge in [-0.3, -0.25) is 14.4 Å². The topological polar surface area (TPSA) is 78.9 Å². The van der Waals surface area contributed by atoms with E-state index in [-0.39, 0.29) is 31.1 Å². The number of hydrogen-bond acceptors (Lipinski definition) is 6. The number of carbonyl (C=O) groups is 3. The molecule has 0 aliphatic rings. The Hall–Kier alpha value is -4.19. The highest BCUT2D eigenvalue weighted by Crippen LogP contribution is 2.16. The van der Waals surface area contributed by atoms with Gasteiger partial charge in [0.05, 0.1) is 0 Å². The van der Waals surface area contributed by atoms with Crippen molar-refractivity contribution in [3.05, 3.63) is 122 Å². The fourth-order valence-electron chi connectivity index (χ4n) is 8.83. The van der Waals surface area contributed by atoms with Crippen LogP contribution in [0.15, 0.2) is 122 Å². The predicted octanol–water partition coefficient (Wildman–Crippen LogP) is 22.4. The normalized spacial score (nSPS) is 12.9. The Balaban J connectivity index is 4.26. The highest BCUT2D eigenvalue weighted by Gasteiger charge is 2.19. The minimum absolute atomic E-state index is 0.0850. The summed E-state index contributed by atoms with van der Waals surface area (Å²) >= 11 is 0. The molecule has 0 aromatic carbocycles. The Kier molecular flexibility index (Phi) is 61.8. The van der Waals surface area contributed by atoms with Crippen LogP contribution < -0.4 is 0 Å². The molecule has 1 atom stereocenters. The van der Waals surface area contributed by atoms with Crippen LogP contribution in [0.2, 0.25) is 0 Å². The van der Waals surface area contributed by atoms with Gasteiger partial charge in [-0.25, -0.2) is 0 Å². The molecule has 0 heterocycles. The zero-order valence-corrected chi connectivity index (χ0v) is 50.9. The summed E-state index contributed by atoms with van der Waals surface area (Å²) in [6.45, 7) is 6.48. The highest BCUT2D eigenvalue weighted by molar-refractivity contribution is 5.71. The van der Waals surface area contributed by atoms with Crippen LogP contribution in [-0.4, -0.2) is 37.2 Å². The Morgan fingerprint density at radius 1 is 0.269 bits per heavy atom. The minimum Gasteiger partial charge on any atom is -0.462 e. The quantitative estimate of drug-likeness (QED) is 0.0261. The van der Waals surface area contributed by atoms with Gasteiger partial charge in [0.15, 0.2) is 6.10 Å². The summed E-state index contributed by atoms with van der Waals surface area (Å²) in [6, 6.07) is 0. The number of unbranched alkanes of at least 4 members (excludes halogenated alkanes) is 27. The van der Waals surface area contributed by atoms with Gasteiger partial charge >= 0.3 is 17.9 Å². The minimum atomic E-state index is -0.790. The zero-order valence-electron chi connectivity index (χ0n) is 50.9. The summed E-state index contributed by atoms with van der Waals surface area (Å²) in [4.78, 5) is 38.2. The Labute approximate surface area is 482 Å². The molecule has 0 spiro atoms. The lowest BCUT2D eigenvalue weighted by Crippen LogP contribution is -2.30. The summed E-state index contributed by atoms with van der Waals surface area (Å²) < 4.78 is 16.9. The number of carbonyl (C=O) groups excluding carboxylic acids is 3. The van der Waals surface area contributed by atoms with Gasteiger partial charge in [0, 0.05) is 19.3 Å². The third-order valence-electron chi connectivity index (χ3n) is 13.7. The summed E-state index contributed by atoms with van der Waals surface area (Å²) in [5.74, 6) is -0.902. The highest BCUT2D eigenvalue weighted by atomic mass is 16.6. The number of allylic oxidation sites excluding steroid dienone is 20. The molecule has 0 saturated carbocycles. The Morgan fingerprint density at radius 3 is 0.821 bits per heavy atom. The largest absolute Gasteiger partial charge is 0.462 e. The summed E-state index contributed by atoms with van der Waals surface area (Å²) in [6.07, 6.45) is 90.6. The number of rotatable bonds is 58.